The number of aliphatic hydroxyl groups excluding tert-OH is 3. The molecule has 0 aliphatic heterocycles. The van der Waals surface area contributed by atoms with Crippen LogP contribution in [0.25, 0.3) is 0 Å². The van der Waals surface area contributed by atoms with Crippen molar-refractivity contribution >= 4 is 7.82 Å². The van der Waals surface area contributed by atoms with Gasteiger partial charge >= 0.3 is 7.82 Å². The third kappa shape index (κ3) is 12.1. The lowest BCUT2D eigenvalue weighted by molar-refractivity contribution is -0.00197. The predicted octanol–water partition coefficient (Wildman–Crippen LogP) is -0.789. The molecule has 16 heavy (non-hydrogen) atoms. The fourth-order valence-corrected chi connectivity index (χ4v) is 0.939. The van der Waals surface area contributed by atoms with Crippen molar-refractivity contribution in [3.05, 3.63) is 0 Å². The molecule has 0 aliphatic rings. The van der Waals surface area contributed by atoms with Gasteiger partial charge in [0, 0.05) is 5.41 Å². The lowest BCUT2D eigenvalue weighted by Crippen LogP contribution is -2.33. The summed E-state index contributed by atoms with van der Waals surface area (Å²) < 4.78 is 8.88. The Morgan fingerprint density at radius 3 is 1.50 bits per heavy atom. The van der Waals surface area contributed by atoms with E-state index in [4.69, 9.17) is 34.6 Å². The van der Waals surface area contributed by atoms with Crippen molar-refractivity contribution in [3.8, 4) is 0 Å². The van der Waals surface area contributed by atoms with Crippen LogP contribution in [0.4, 0.5) is 0 Å². The average Bonchev–Trinajstić information content (AvgIpc) is 2.19. The maximum absolute atomic E-state index is 8.88. The van der Waals surface area contributed by atoms with Gasteiger partial charge in [0.1, 0.15) is 0 Å². The Hall–Kier alpha value is -0.0100. The van der Waals surface area contributed by atoms with Crippen LogP contribution in [0.2, 0.25) is 0 Å². The summed E-state index contributed by atoms with van der Waals surface area (Å²) in [6.45, 7) is 1.62. The molecule has 0 atom stereocenters. The van der Waals surface area contributed by atoms with Gasteiger partial charge in [0.05, 0.1) is 19.8 Å². The highest BCUT2D eigenvalue weighted by Crippen LogP contribution is 2.25. The van der Waals surface area contributed by atoms with E-state index in [0.717, 1.165) is 12.8 Å². The molecular weight excluding hydrogens is 239 g/mol. The van der Waals surface area contributed by atoms with Crippen LogP contribution in [0.3, 0.4) is 0 Å². The Bertz CT molecular complexity index is 182. The fraction of sp³-hybridized carbons (Fsp3) is 1.00. The van der Waals surface area contributed by atoms with E-state index in [2.05, 4.69) is 0 Å². The lowest BCUT2D eigenvalue weighted by atomic mass is 9.85. The first kappa shape index (κ1) is 18.4. The van der Waals surface area contributed by atoms with E-state index < -0.39 is 13.2 Å². The highest BCUT2D eigenvalue weighted by Gasteiger charge is 2.26. The average molecular weight is 260 g/mol. The molecule has 0 bridgehead atoms. The van der Waals surface area contributed by atoms with Gasteiger partial charge in [-0.25, -0.2) is 4.57 Å². The highest BCUT2D eigenvalue weighted by molar-refractivity contribution is 7.45. The van der Waals surface area contributed by atoms with Gasteiger partial charge in [0.2, 0.25) is 0 Å². The molecule has 7 nitrogen and oxygen atoms in total. The summed E-state index contributed by atoms with van der Waals surface area (Å²) in [4.78, 5) is 21.6. The summed E-state index contributed by atoms with van der Waals surface area (Å²) in [6, 6.07) is 0. The quantitative estimate of drug-likeness (QED) is 0.344. The summed E-state index contributed by atoms with van der Waals surface area (Å²) in [7, 11) is -4.64. The summed E-state index contributed by atoms with van der Waals surface area (Å²) in [6.07, 6.45) is 2.64. The van der Waals surface area contributed by atoms with E-state index in [9.17, 15) is 0 Å². The normalized spacial score (nSPS) is 11.9. The maximum Gasteiger partial charge on any atom is 0.466 e. The predicted molar refractivity (Wildman–Crippen MR) is 57.5 cm³/mol. The van der Waals surface area contributed by atoms with Crippen LogP contribution < -0.4 is 0 Å². The molecule has 100 valence electrons. The second-order valence-electron chi connectivity index (χ2n) is 3.59. The Kier molecular flexibility index (Phi) is 10.4. The van der Waals surface area contributed by atoms with Crippen molar-refractivity contribution in [2.24, 2.45) is 5.41 Å². The van der Waals surface area contributed by atoms with E-state index in [1.807, 2.05) is 6.92 Å². The molecule has 0 aromatic heterocycles. The van der Waals surface area contributed by atoms with Gasteiger partial charge in [-0.1, -0.05) is 19.8 Å². The molecule has 8 heteroatoms. The van der Waals surface area contributed by atoms with Crippen molar-refractivity contribution in [3.63, 3.8) is 0 Å². The molecule has 0 saturated carbocycles. The molecule has 6 N–H and O–H groups in total. The number of hydrogen-bond donors (Lipinski definition) is 6. The standard InChI is InChI=1S/C8H18O3.H3O4P/c1-2-3-4-8(5-9,6-10)7-11;1-5(2,3)4/h9-11H,2-7H2,1H3;(H3,1,2,3,4). The first-order chi connectivity index (χ1) is 7.24. The smallest absolute Gasteiger partial charge is 0.396 e. The minimum atomic E-state index is -4.64. The third-order valence-electron chi connectivity index (χ3n) is 2.07. The first-order valence-electron chi connectivity index (χ1n) is 4.85. The number of rotatable bonds is 6. The molecule has 0 fully saturated rings. The van der Waals surface area contributed by atoms with Crippen LogP contribution in [0.15, 0.2) is 0 Å². The Morgan fingerprint density at radius 2 is 1.31 bits per heavy atom. The van der Waals surface area contributed by atoms with Crippen LogP contribution in [0.1, 0.15) is 26.2 Å². The van der Waals surface area contributed by atoms with Crippen molar-refractivity contribution in [1.82, 2.24) is 0 Å². The van der Waals surface area contributed by atoms with Gasteiger partial charge in [-0.3, -0.25) is 0 Å². The summed E-state index contributed by atoms with van der Waals surface area (Å²) in [5.74, 6) is 0. The molecule has 0 aromatic carbocycles. The minimum absolute atomic E-state index is 0.139. The van der Waals surface area contributed by atoms with E-state index in [0.29, 0.717) is 6.42 Å². The molecule has 0 aromatic rings. The Balaban J connectivity index is 0. The molecule has 0 spiro atoms. The zero-order valence-corrected chi connectivity index (χ0v) is 10.2. The SMILES string of the molecule is CCCCC(CO)(CO)CO.O=P(O)(O)O. The van der Waals surface area contributed by atoms with Crippen LogP contribution in [0.5, 0.6) is 0 Å². The molecule has 0 rings (SSSR count). The number of phosphoric acid groups is 1. The molecular formula is C8H21O7P. The number of aliphatic hydroxyl groups is 3. The Morgan fingerprint density at radius 1 is 1.00 bits per heavy atom. The molecule has 0 radical (unpaired) electrons. The van der Waals surface area contributed by atoms with E-state index >= 15 is 0 Å². The van der Waals surface area contributed by atoms with Crippen molar-refractivity contribution < 1.29 is 34.6 Å². The lowest BCUT2D eigenvalue weighted by Gasteiger charge is -2.26. The van der Waals surface area contributed by atoms with Gasteiger partial charge in [0.25, 0.3) is 0 Å². The van der Waals surface area contributed by atoms with Crippen LogP contribution in [-0.2, 0) is 4.57 Å². The monoisotopic (exact) mass is 260 g/mol. The second kappa shape index (κ2) is 9.07. The third-order valence-corrected chi connectivity index (χ3v) is 2.07. The van der Waals surface area contributed by atoms with Crippen molar-refractivity contribution in [2.45, 2.75) is 26.2 Å². The summed E-state index contributed by atoms with van der Waals surface area (Å²) in [5, 5.41) is 26.6. The topological polar surface area (TPSA) is 138 Å². The molecule has 0 saturated heterocycles. The molecule has 0 aliphatic carbocycles. The number of unbranched alkanes of at least 4 members (excludes halogenated alkanes) is 1. The molecule has 0 amide bonds. The van der Waals surface area contributed by atoms with Gasteiger partial charge in [-0.05, 0) is 6.42 Å². The maximum atomic E-state index is 8.88. The fourth-order valence-electron chi connectivity index (χ4n) is 0.939. The Labute approximate surface area is 94.6 Å². The zero-order chi connectivity index (χ0) is 13.2. The van der Waals surface area contributed by atoms with E-state index in [1.165, 1.54) is 0 Å². The highest BCUT2D eigenvalue weighted by atomic mass is 31.2. The first-order valence-corrected chi connectivity index (χ1v) is 6.42. The van der Waals surface area contributed by atoms with Gasteiger partial charge < -0.3 is 30.0 Å². The second-order valence-corrected chi connectivity index (χ2v) is 4.62. The van der Waals surface area contributed by atoms with Crippen LogP contribution >= 0.6 is 7.82 Å². The van der Waals surface area contributed by atoms with Crippen LogP contribution in [-0.4, -0.2) is 49.8 Å². The zero-order valence-electron chi connectivity index (χ0n) is 9.28. The largest absolute Gasteiger partial charge is 0.466 e. The molecule has 0 heterocycles. The van der Waals surface area contributed by atoms with E-state index in [-0.39, 0.29) is 19.8 Å². The van der Waals surface area contributed by atoms with Gasteiger partial charge in [0.15, 0.2) is 0 Å². The van der Waals surface area contributed by atoms with Crippen molar-refractivity contribution in [2.75, 3.05) is 19.8 Å². The molecule has 0 unspecified atom stereocenters. The summed E-state index contributed by atoms with van der Waals surface area (Å²) in [5.41, 5.74) is -0.657. The number of hydrogen-bond acceptors (Lipinski definition) is 4. The van der Waals surface area contributed by atoms with Crippen LogP contribution in [0, 0.1) is 5.41 Å². The van der Waals surface area contributed by atoms with Gasteiger partial charge in [-0.2, -0.15) is 0 Å². The minimum Gasteiger partial charge on any atom is -0.396 e. The van der Waals surface area contributed by atoms with Gasteiger partial charge in [-0.15, -0.1) is 0 Å². The summed E-state index contributed by atoms with van der Waals surface area (Å²) >= 11 is 0. The van der Waals surface area contributed by atoms with E-state index in [1.54, 1.807) is 0 Å². The van der Waals surface area contributed by atoms with Crippen molar-refractivity contribution in [1.29, 1.82) is 0 Å².